The summed E-state index contributed by atoms with van der Waals surface area (Å²) < 4.78 is 5.45. The number of carboxylic acid groups (broad SMARTS) is 1. The maximum Gasteiger partial charge on any atom is 0.335 e. The normalized spacial score (nSPS) is 11.5. The van der Waals surface area contributed by atoms with Crippen LogP contribution in [0.25, 0.3) is 0 Å². The van der Waals surface area contributed by atoms with Gasteiger partial charge >= 0.3 is 5.97 Å². The van der Waals surface area contributed by atoms with Crippen LogP contribution in [0.3, 0.4) is 0 Å². The summed E-state index contributed by atoms with van der Waals surface area (Å²) in [5, 5.41) is 13.6. The second kappa shape index (κ2) is 6.01. The Balaban J connectivity index is 2.26. The van der Waals surface area contributed by atoms with Crippen LogP contribution in [0.1, 0.15) is 34.4 Å². The summed E-state index contributed by atoms with van der Waals surface area (Å²) in [5.74, 6) is 0.570. The topological polar surface area (TPSA) is 74.8 Å². The number of halogens is 1. The summed E-state index contributed by atoms with van der Waals surface area (Å²) in [7, 11) is 0. The van der Waals surface area contributed by atoms with Gasteiger partial charge in [0.15, 0.2) is 0 Å². The number of nitrogens with zero attached hydrogens (tertiary/aromatic N) is 1. The minimum Gasteiger partial charge on any atom is -0.478 e. The lowest BCUT2D eigenvalue weighted by atomic mass is 10.2. The molecule has 5 nitrogen and oxygen atoms in total. The first kappa shape index (κ1) is 15.1. The molecule has 1 aromatic carbocycles. The Kier molecular flexibility index (Phi) is 4.33. The van der Waals surface area contributed by atoms with E-state index in [-0.39, 0.29) is 5.56 Å². The van der Waals surface area contributed by atoms with Gasteiger partial charge < -0.3 is 9.52 Å². The molecule has 0 bridgehead atoms. The van der Waals surface area contributed by atoms with Crippen molar-refractivity contribution in [3.8, 4) is 0 Å². The van der Waals surface area contributed by atoms with Crippen molar-refractivity contribution in [3.63, 3.8) is 0 Å². The summed E-state index contributed by atoms with van der Waals surface area (Å²) in [6, 6.07) is 6.29. The SMILES string of the molecule is C/C(=N/Nc1cc(C(=O)O)ccc1Cl)c1cc(C)oc1C. The Morgan fingerprint density at radius 3 is 2.62 bits per heavy atom. The fraction of sp³-hybridized carbons (Fsp3) is 0.200. The Labute approximate surface area is 127 Å². The minimum absolute atomic E-state index is 0.144. The zero-order valence-corrected chi connectivity index (χ0v) is 12.7. The van der Waals surface area contributed by atoms with Crippen molar-refractivity contribution in [2.75, 3.05) is 5.43 Å². The number of hydrogen-bond donors (Lipinski definition) is 2. The van der Waals surface area contributed by atoms with Crippen molar-refractivity contribution in [2.45, 2.75) is 20.8 Å². The van der Waals surface area contributed by atoms with Crippen LogP contribution in [0.15, 0.2) is 33.8 Å². The number of nitrogens with one attached hydrogen (secondary N) is 1. The summed E-state index contributed by atoms with van der Waals surface area (Å²) in [6.45, 7) is 5.56. The number of aryl methyl sites for hydroxylation is 2. The number of hydrazone groups is 1. The first-order chi connectivity index (χ1) is 9.88. The second-order valence-corrected chi connectivity index (χ2v) is 5.04. The Morgan fingerprint density at radius 1 is 1.33 bits per heavy atom. The molecule has 0 radical (unpaired) electrons. The lowest BCUT2D eigenvalue weighted by molar-refractivity contribution is 0.0697. The number of furan rings is 1. The van der Waals surface area contributed by atoms with E-state index in [9.17, 15) is 4.79 Å². The third-order valence-corrected chi connectivity index (χ3v) is 3.32. The Hall–Kier alpha value is -2.27. The van der Waals surface area contributed by atoms with Gasteiger partial charge in [-0.2, -0.15) is 5.10 Å². The molecule has 2 aromatic rings. The van der Waals surface area contributed by atoms with Gasteiger partial charge in [0.05, 0.1) is 22.0 Å². The smallest absolute Gasteiger partial charge is 0.335 e. The number of carbonyl (C=O) groups is 1. The van der Waals surface area contributed by atoms with E-state index >= 15 is 0 Å². The molecule has 0 saturated heterocycles. The highest BCUT2D eigenvalue weighted by molar-refractivity contribution is 6.33. The molecule has 0 aliphatic rings. The molecule has 1 aromatic heterocycles. The van der Waals surface area contributed by atoms with E-state index in [0.717, 1.165) is 22.8 Å². The first-order valence-corrected chi connectivity index (χ1v) is 6.67. The minimum atomic E-state index is -1.02. The number of anilines is 1. The molecule has 0 aliphatic carbocycles. The molecule has 0 fully saturated rings. The third kappa shape index (κ3) is 3.44. The maximum atomic E-state index is 11.0. The van der Waals surface area contributed by atoms with Gasteiger partial charge in [-0.1, -0.05) is 11.6 Å². The maximum absolute atomic E-state index is 11.0. The van der Waals surface area contributed by atoms with Gasteiger partial charge in [0.2, 0.25) is 0 Å². The number of rotatable bonds is 4. The number of hydrogen-bond acceptors (Lipinski definition) is 4. The van der Waals surface area contributed by atoms with E-state index in [1.54, 1.807) is 0 Å². The van der Waals surface area contributed by atoms with Crippen LogP contribution in [0, 0.1) is 13.8 Å². The van der Waals surface area contributed by atoms with Crippen molar-refractivity contribution < 1.29 is 14.3 Å². The zero-order chi connectivity index (χ0) is 15.6. The van der Waals surface area contributed by atoms with Crippen molar-refractivity contribution in [3.05, 3.63) is 51.9 Å². The molecule has 0 saturated carbocycles. The van der Waals surface area contributed by atoms with Gasteiger partial charge in [-0.15, -0.1) is 0 Å². The number of benzene rings is 1. The summed E-state index contributed by atoms with van der Waals surface area (Å²) in [4.78, 5) is 11.0. The lowest BCUT2D eigenvalue weighted by Gasteiger charge is -2.06. The van der Waals surface area contributed by atoms with Gasteiger partial charge in [0, 0.05) is 5.56 Å². The largest absolute Gasteiger partial charge is 0.478 e. The van der Waals surface area contributed by atoms with Gasteiger partial charge in [0.25, 0.3) is 0 Å². The monoisotopic (exact) mass is 306 g/mol. The van der Waals surface area contributed by atoms with Gasteiger partial charge in [-0.05, 0) is 45.0 Å². The molecule has 21 heavy (non-hydrogen) atoms. The van der Waals surface area contributed by atoms with Crippen molar-refractivity contribution in [2.24, 2.45) is 5.10 Å². The molecule has 0 amide bonds. The summed E-state index contributed by atoms with van der Waals surface area (Å²) in [5.41, 5.74) is 4.99. The van der Waals surface area contributed by atoms with E-state index in [0.29, 0.717) is 10.7 Å². The van der Waals surface area contributed by atoms with E-state index in [2.05, 4.69) is 10.5 Å². The van der Waals surface area contributed by atoms with Crippen LogP contribution in [-0.2, 0) is 0 Å². The highest BCUT2D eigenvalue weighted by Crippen LogP contribution is 2.23. The highest BCUT2D eigenvalue weighted by Gasteiger charge is 2.09. The average molecular weight is 307 g/mol. The molecule has 0 spiro atoms. The van der Waals surface area contributed by atoms with Gasteiger partial charge in [-0.25, -0.2) is 4.79 Å². The van der Waals surface area contributed by atoms with Crippen LogP contribution >= 0.6 is 11.6 Å². The third-order valence-electron chi connectivity index (χ3n) is 2.99. The van der Waals surface area contributed by atoms with E-state index in [1.165, 1.54) is 18.2 Å². The molecule has 0 atom stereocenters. The predicted octanol–water partition coefficient (Wildman–Crippen LogP) is 4.08. The van der Waals surface area contributed by atoms with E-state index < -0.39 is 5.97 Å². The van der Waals surface area contributed by atoms with E-state index in [1.807, 2.05) is 26.8 Å². The van der Waals surface area contributed by atoms with Crippen molar-refractivity contribution in [1.82, 2.24) is 0 Å². The first-order valence-electron chi connectivity index (χ1n) is 6.29. The molecule has 0 unspecified atom stereocenters. The molecule has 2 N–H and O–H groups in total. The number of aromatic carboxylic acids is 1. The van der Waals surface area contributed by atoms with Crippen LogP contribution < -0.4 is 5.43 Å². The predicted molar refractivity (Wildman–Crippen MR) is 82.4 cm³/mol. The van der Waals surface area contributed by atoms with E-state index in [4.69, 9.17) is 21.1 Å². The standard InChI is InChI=1S/C15H15ClN2O3/c1-8-6-12(10(3)21-8)9(2)17-18-14-7-11(15(19)20)4-5-13(14)16/h4-7,18H,1-3H3,(H,19,20)/b17-9-. The molecule has 1 heterocycles. The lowest BCUT2D eigenvalue weighted by Crippen LogP contribution is -2.02. The summed E-state index contributed by atoms with van der Waals surface area (Å²) in [6.07, 6.45) is 0. The average Bonchev–Trinajstić information content (AvgIpc) is 2.76. The van der Waals surface area contributed by atoms with Crippen LogP contribution in [-0.4, -0.2) is 16.8 Å². The van der Waals surface area contributed by atoms with Gasteiger partial charge in [-0.3, -0.25) is 5.43 Å². The quantitative estimate of drug-likeness (QED) is 0.659. The zero-order valence-electron chi connectivity index (χ0n) is 11.9. The molecule has 6 heteroatoms. The molecule has 2 rings (SSSR count). The fourth-order valence-corrected chi connectivity index (χ4v) is 2.10. The number of carboxylic acids is 1. The molecular weight excluding hydrogens is 292 g/mol. The van der Waals surface area contributed by atoms with Crippen LogP contribution in [0.2, 0.25) is 5.02 Å². The van der Waals surface area contributed by atoms with Crippen molar-refractivity contribution in [1.29, 1.82) is 0 Å². The van der Waals surface area contributed by atoms with Gasteiger partial charge in [0.1, 0.15) is 11.5 Å². The van der Waals surface area contributed by atoms with Crippen LogP contribution in [0.5, 0.6) is 0 Å². The summed E-state index contributed by atoms with van der Waals surface area (Å²) >= 11 is 6.02. The van der Waals surface area contributed by atoms with Crippen LogP contribution in [0.4, 0.5) is 5.69 Å². The Morgan fingerprint density at radius 2 is 2.05 bits per heavy atom. The van der Waals surface area contributed by atoms with Crippen molar-refractivity contribution >= 4 is 29.0 Å². The Bertz CT molecular complexity index is 720. The molecule has 110 valence electrons. The second-order valence-electron chi connectivity index (χ2n) is 4.64. The highest BCUT2D eigenvalue weighted by atomic mass is 35.5. The molecule has 0 aliphatic heterocycles. The fourth-order valence-electron chi connectivity index (χ4n) is 1.94. The molecular formula is C15H15ClN2O3.